The van der Waals surface area contributed by atoms with Gasteiger partial charge in [0.25, 0.3) is 0 Å². The predicted octanol–water partition coefficient (Wildman–Crippen LogP) is 2.18. The van der Waals surface area contributed by atoms with E-state index in [1.165, 1.54) is 5.56 Å². The van der Waals surface area contributed by atoms with Gasteiger partial charge in [-0.05, 0) is 45.1 Å². The van der Waals surface area contributed by atoms with Crippen LogP contribution >= 0.6 is 0 Å². The lowest BCUT2D eigenvalue weighted by Crippen LogP contribution is -2.15. The minimum Gasteiger partial charge on any atom is -0.485 e. The second-order valence-electron chi connectivity index (χ2n) is 3.83. The Morgan fingerprint density at radius 1 is 1.27 bits per heavy atom. The van der Waals surface area contributed by atoms with Crippen LogP contribution in [-0.2, 0) is 6.42 Å². The quantitative estimate of drug-likeness (QED) is 0.660. The Hall–Kier alpha value is -1.20. The van der Waals surface area contributed by atoms with Crippen LogP contribution in [0.15, 0.2) is 12.1 Å². The normalized spacial score (nSPS) is 10.1. The molecule has 0 N–H and O–H groups in total. The first kappa shape index (κ1) is 11.9. The van der Waals surface area contributed by atoms with Crippen LogP contribution in [0.5, 0.6) is 5.75 Å². The maximum atomic E-state index is 5.54. The fourth-order valence-electron chi connectivity index (χ4n) is 1.25. The molecular weight excluding hydrogens is 186 g/mol. The number of nitrogens with zero attached hydrogens (tertiary/aromatic N) is 1. The van der Waals surface area contributed by atoms with Gasteiger partial charge in [-0.3, -0.25) is 0 Å². The summed E-state index contributed by atoms with van der Waals surface area (Å²) in [4.78, 5) is 2.15. The monoisotopic (exact) mass is 205 g/mol. The third-order valence-electron chi connectivity index (χ3n) is 2.17. The van der Waals surface area contributed by atoms with Crippen LogP contribution in [0.25, 0.3) is 0 Å². The molecule has 0 aromatic heterocycles. The van der Waals surface area contributed by atoms with Gasteiger partial charge in [0.05, 0.1) is 6.61 Å². The van der Waals surface area contributed by atoms with Crippen LogP contribution in [0.3, 0.4) is 0 Å². The summed E-state index contributed by atoms with van der Waals surface area (Å²) in [6.07, 6.45) is 2.04. The Kier molecular flexibility index (Phi) is 5.00. The van der Waals surface area contributed by atoms with Gasteiger partial charge in [0, 0.05) is 12.1 Å². The van der Waals surface area contributed by atoms with Gasteiger partial charge >= 0.3 is 0 Å². The highest BCUT2D eigenvalue weighted by atomic mass is 16.5. The summed E-state index contributed by atoms with van der Waals surface area (Å²) in [6.45, 7) is 3.90. The molecule has 0 bridgehead atoms. The standard InChI is InChI=1S/C13H19NO/c1-4-12-6-8-13(9-7-12)15-11-5-10-14(2)3/h6,8H,4-5,10-11H2,1-3H3. The summed E-state index contributed by atoms with van der Waals surface area (Å²) in [5.41, 5.74) is 1.18. The minimum absolute atomic E-state index is 0.744. The smallest absolute Gasteiger partial charge is 0.170 e. The lowest BCUT2D eigenvalue weighted by molar-refractivity contribution is 0.281. The van der Waals surface area contributed by atoms with Crippen molar-refractivity contribution in [3.05, 3.63) is 29.8 Å². The first-order valence-electron chi connectivity index (χ1n) is 5.42. The molecule has 0 unspecified atom stereocenters. The van der Waals surface area contributed by atoms with E-state index in [2.05, 4.69) is 38.1 Å². The van der Waals surface area contributed by atoms with Gasteiger partial charge < -0.3 is 9.64 Å². The van der Waals surface area contributed by atoms with E-state index in [0.29, 0.717) is 0 Å². The van der Waals surface area contributed by atoms with Crippen molar-refractivity contribution in [3.8, 4) is 5.75 Å². The van der Waals surface area contributed by atoms with Crippen LogP contribution in [0.1, 0.15) is 18.9 Å². The van der Waals surface area contributed by atoms with Crippen LogP contribution in [0.2, 0.25) is 0 Å². The first-order valence-corrected chi connectivity index (χ1v) is 5.42. The number of hydrogen-bond donors (Lipinski definition) is 0. The van der Waals surface area contributed by atoms with E-state index in [-0.39, 0.29) is 0 Å². The predicted molar refractivity (Wildman–Crippen MR) is 62.2 cm³/mol. The van der Waals surface area contributed by atoms with E-state index < -0.39 is 0 Å². The minimum atomic E-state index is 0.744. The number of hydrogen-bond acceptors (Lipinski definition) is 2. The molecule has 0 radical (unpaired) electrons. The summed E-state index contributed by atoms with van der Waals surface area (Å²) in [6, 6.07) is 10.1. The second kappa shape index (κ2) is 6.31. The zero-order valence-corrected chi connectivity index (χ0v) is 9.84. The Morgan fingerprint density at radius 3 is 2.60 bits per heavy atom. The largest absolute Gasteiger partial charge is 0.485 e. The molecule has 0 atom stereocenters. The molecule has 0 aliphatic rings. The highest BCUT2D eigenvalue weighted by Crippen LogP contribution is 2.07. The third-order valence-corrected chi connectivity index (χ3v) is 2.17. The third kappa shape index (κ3) is 4.71. The van der Waals surface area contributed by atoms with E-state index in [1.54, 1.807) is 0 Å². The molecule has 2 nitrogen and oxygen atoms in total. The molecule has 1 aromatic carbocycles. The first-order chi connectivity index (χ1) is 7.22. The van der Waals surface area contributed by atoms with Crippen LogP contribution < -0.4 is 4.74 Å². The molecule has 0 aliphatic heterocycles. The van der Waals surface area contributed by atoms with E-state index in [0.717, 1.165) is 31.7 Å². The molecule has 1 rings (SSSR count). The Balaban J connectivity index is 2.25. The van der Waals surface area contributed by atoms with E-state index >= 15 is 0 Å². The average Bonchev–Trinajstić information content (AvgIpc) is 2.25. The molecule has 2 heteroatoms. The van der Waals surface area contributed by atoms with Gasteiger partial charge in [0.2, 0.25) is 0 Å². The van der Waals surface area contributed by atoms with Crippen LogP contribution in [0, 0.1) is 12.1 Å². The molecule has 0 aliphatic carbocycles. The van der Waals surface area contributed by atoms with Crippen molar-refractivity contribution in [1.29, 1.82) is 0 Å². The molecular formula is C13H19NO. The molecule has 0 heterocycles. The van der Waals surface area contributed by atoms with Crippen molar-refractivity contribution in [1.82, 2.24) is 4.90 Å². The molecule has 0 spiro atoms. The Bertz CT molecular complexity index is 266. The van der Waals surface area contributed by atoms with E-state index in [1.807, 2.05) is 12.1 Å². The Labute approximate surface area is 92.9 Å². The van der Waals surface area contributed by atoms with E-state index in [9.17, 15) is 0 Å². The van der Waals surface area contributed by atoms with Gasteiger partial charge in [-0.15, -0.1) is 0 Å². The van der Waals surface area contributed by atoms with Crippen molar-refractivity contribution in [3.63, 3.8) is 0 Å². The number of rotatable bonds is 6. The molecule has 82 valence electrons. The maximum absolute atomic E-state index is 5.54. The van der Waals surface area contributed by atoms with Crippen LogP contribution in [0.4, 0.5) is 0 Å². The van der Waals surface area contributed by atoms with Crippen molar-refractivity contribution in [2.45, 2.75) is 19.8 Å². The molecule has 0 saturated carbocycles. The van der Waals surface area contributed by atoms with Crippen molar-refractivity contribution >= 4 is 0 Å². The van der Waals surface area contributed by atoms with Crippen molar-refractivity contribution < 1.29 is 4.74 Å². The van der Waals surface area contributed by atoms with Crippen LogP contribution in [-0.4, -0.2) is 32.1 Å². The average molecular weight is 205 g/mol. The highest BCUT2D eigenvalue weighted by molar-refractivity contribution is 5.20. The van der Waals surface area contributed by atoms with Crippen molar-refractivity contribution in [2.24, 2.45) is 0 Å². The highest BCUT2D eigenvalue weighted by Gasteiger charge is 1.94. The fraction of sp³-hybridized carbons (Fsp3) is 0.538. The summed E-state index contributed by atoms with van der Waals surface area (Å²) >= 11 is 0. The Morgan fingerprint density at radius 2 is 2.07 bits per heavy atom. The van der Waals surface area contributed by atoms with E-state index in [4.69, 9.17) is 4.74 Å². The zero-order valence-electron chi connectivity index (χ0n) is 9.84. The second-order valence-corrected chi connectivity index (χ2v) is 3.83. The molecule has 1 aromatic rings. The summed E-state index contributed by atoms with van der Waals surface area (Å²) in [5, 5.41) is 0. The molecule has 15 heavy (non-hydrogen) atoms. The van der Waals surface area contributed by atoms with Gasteiger partial charge in [0.1, 0.15) is 0 Å². The summed E-state index contributed by atoms with van der Waals surface area (Å²) in [7, 11) is 4.13. The number of aryl methyl sites for hydroxylation is 1. The lowest BCUT2D eigenvalue weighted by atomic mass is 10.2. The van der Waals surface area contributed by atoms with Gasteiger partial charge in [-0.1, -0.05) is 13.0 Å². The molecule has 0 saturated heterocycles. The van der Waals surface area contributed by atoms with Gasteiger partial charge in [-0.25, -0.2) is 0 Å². The zero-order chi connectivity index (χ0) is 11.1. The maximum Gasteiger partial charge on any atom is 0.170 e. The summed E-state index contributed by atoms with van der Waals surface area (Å²) in [5.74, 6) is 0.797. The lowest BCUT2D eigenvalue weighted by Gasteiger charge is -2.09. The van der Waals surface area contributed by atoms with Gasteiger partial charge in [0.15, 0.2) is 5.75 Å². The van der Waals surface area contributed by atoms with Gasteiger partial charge in [-0.2, -0.15) is 0 Å². The summed E-state index contributed by atoms with van der Waals surface area (Å²) < 4.78 is 5.54. The number of ether oxygens (including phenoxy) is 1. The molecule has 0 fully saturated rings. The SMILES string of the molecule is CCc1c#cc(OCCCN(C)C)cc1. The fourth-order valence-corrected chi connectivity index (χ4v) is 1.25. The topological polar surface area (TPSA) is 12.5 Å². The van der Waals surface area contributed by atoms with Crippen molar-refractivity contribution in [2.75, 3.05) is 27.2 Å². The molecule has 0 amide bonds.